The van der Waals surface area contributed by atoms with Gasteiger partial charge in [-0.2, -0.15) is 17.7 Å². The van der Waals surface area contributed by atoms with Crippen LogP contribution in [0.5, 0.6) is 0 Å². The monoisotopic (exact) mass is 264 g/mol. The Hall–Kier alpha value is -2.44. The van der Waals surface area contributed by atoms with Crippen molar-refractivity contribution < 1.29 is 13.2 Å². The van der Waals surface area contributed by atoms with E-state index in [1.807, 2.05) is 0 Å². The van der Waals surface area contributed by atoms with Crippen molar-refractivity contribution in [1.82, 2.24) is 20.0 Å². The van der Waals surface area contributed by atoms with Crippen LogP contribution in [-0.4, -0.2) is 20.0 Å². The van der Waals surface area contributed by atoms with Crippen LogP contribution >= 0.6 is 0 Å². The average Bonchev–Trinajstić information content (AvgIpc) is 2.85. The van der Waals surface area contributed by atoms with Gasteiger partial charge in [-0.05, 0) is 22.6 Å². The Balaban J connectivity index is 2.31. The third-order valence-electron chi connectivity index (χ3n) is 2.70. The Morgan fingerprint density at radius 1 is 1.00 bits per heavy atom. The van der Waals surface area contributed by atoms with Gasteiger partial charge in [0.15, 0.2) is 5.65 Å². The Morgan fingerprint density at radius 3 is 2.42 bits per heavy atom. The zero-order valence-electron chi connectivity index (χ0n) is 9.46. The first-order valence-corrected chi connectivity index (χ1v) is 5.40. The maximum atomic E-state index is 12.8. The van der Waals surface area contributed by atoms with E-state index in [2.05, 4.69) is 15.5 Å². The van der Waals surface area contributed by atoms with E-state index in [4.69, 9.17) is 0 Å². The molecule has 0 aliphatic rings. The number of benzene rings is 1. The van der Waals surface area contributed by atoms with E-state index in [0.29, 0.717) is 11.3 Å². The van der Waals surface area contributed by atoms with Crippen molar-refractivity contribution in [2.45, 2.75) is 6.18 Å². The molecule has 0 fully saturated rings. The number of hydrogen-bond donors (Lipinski definition) is 0. The second kappa shape index (κ2) is 4.04. The molecule has 7 heteroatoms. The molecule has 2 heterocycles. The summed E-state index contributed by atoms with van der Waals surface area (Å²) in [7, 11) is 0. The van der Waals surface area contributed by atoms with Crippen molar-refractivity contribution in [2.75, 3.05) is 0 Å². The maximum Gasteiger partial charge on any atom is 0.416 e. The fourth-order valence-electron chi connectivity index (χ4n) is 1.82. The van der Waals surface area contributed by atoms with E-state index in [0.717, 1.165) is 12.1 Å². The van der Waals surface area contributed by atoms with Crippen LogP contribution in [-0.2, 0) is 6.18 Å². The van der Waals surface area contributed by atoms with Crippen molar-refractivity contribution in [3.63, 3.8) is 0 Å². The molecule has 0 saturated carbocycles. The number of alkyl halides is 3. The standard InChI is InChI=1S/C12H7F3N4/c13-12(14,15)9-6-10(8-4-2-1-3-5-8)19-11(7-9)16-17-18-19/h1-7H. The average molecular weight is 264 g/mol. The van der Waals surface area contributed by atoms with Crippen molar-refractivity contribution in [2.24, 2.45) is 0 Å². The molecular formula is C12H7F3N4. The van der Waals surface area contributed by atoms with Gasteiger partial charge in [0.1, 0.15) is 0 Å². The number of tetrazole rings is 1. The molecule has 19 heavy (non-hydrogen) atoms. The number of pyridine rings is 1. The highest BCUT2D eigenvalue weighted by Gasteiger charge is 2.32. The first kappa shape index (κ1) is 11.6. The highest BCUT2D eigenvalue weighted by molar-refractivity contribution is 5.64. The van der Waals surface area contributed by atoms with E-state index in [-0.39, 0.29) is 5.65 Å². The Kier molecular flexibility index (Phi) is 2.48. The molecule has 0 aliphatic carbocycles. The van der Waals surface area contributed by atoms with Crippen molar-refractivity contribution in [3.05, 3.63) is 48.0 Å². The van der Waals surface area contributed by atoms with Crippen LogP contribution in [0, 0.1) is 0 Å². The SMILES string of the molecule is FC(F)(F)c1cc(-c2ccccc2)n2nnnc2c1. The lowest BCUT2D eigenvalue weighted by atomic mass is 10.1. The van der Waals surface area contributed by atoms with Crippen LogP contribution in [0.4, 0.5) is 13.2 Å². The molecule has 3 aromatic rings. The molecule has 0 bridgehead atoms. The summed E-state index contributed by atoms with van der Waals surface area (Å²) in [5.41, 5.74) is 0.212. The quantitative estimate of drug-likeness (QED) is 0.678. The van der Waals surface area contributed by atoms with Gasteiger partial charge >= 0.3 is 6.18 Å². The zero-order valence-corrected chi connectivity index (χ0v) is 9.46. The Labute approximate surface area is 105 Å². The first-order chi connectivity index (χ1) is 9.05. The van der Waals surface area contributed by atoms with E-state index in [9.17, 15) is 13.2 Å². The Morgan fingerprint density at radius 2 is 1.74 bits per heavy atom. The second-order valence-electron chi connectivity index (χ2n) is 3.94. The predicted molar refractivity (Wildman–Crippen MR) is 61.2 cm³/mol. The molecule has 3 rings (SSSR count). The third-order valence-corrected chi connectivity index (χ3v) is 2.70. The van der Waals surface area contributed by atoms with Gasteiger partial charge in [0.2, 0.25) is 0 Å². The summed E-state index contributed by atoms with van der Waals surface area (Å²) in [5.74, 6) is 0. The molecule has 2 aromatic heterocycles. The lowest BCUT2D eigenvalue weighted by Gasteiger charge is -2.10. The fraction of sp³-hybridized carbons (Fsp3) is 0.0833. The summed E-state index contributed by atoms with van der Waals surface area (Å²) in [6.45, 7) is 0. The smallest absolute Gasteiger partial charge is 0.193 e. The summed E-state index contributed by atoms with van der Waals surface area (Å²) in [6, 6.07) is 10.6. The van der Waals surface area contributed by atoms with E-state index < -0.39 is 11.7 Å². The van der Waals surface area contributed by atoms with Crippen molar-refractivity contribution in [1.29, 1.82) is 0 Å². The van der Waals surface area contributed by atoms with Gasteiger partial charge < -0.3 is 0 Å². The third kappa shape index (κ3) is 2.03. The van der Waals surface area contributed by atoms with E-state index >= 15 is 0 Å². The number of aromatic nitrogens is 4. The minimum atomic E-state index is -4.43. The van der Waals surface area contributed by atoms with Gasteiger partial charge in [-0.15, -0.1) is 5.10 Å². The van der Waals surface area contributed by atoms with Gasteiger partial charge in [0.25, 0.3) is 0 Å². The molecular weight excluding hydrogens is 257 g/mol. The van der Waals surface area contributed by atoms with Crippen LogP contribution in [0.1, 0.15) is 5.56 Å². The van der Waals surface area contributed by atoms with Gasteiger partial charge in [0.05, 0.1) is 11.3 Å². The molecule has 4 nitrogen and oxygen atoms in total. The van der Waals surface area contributed by atoms with Crippen molar-refractivity contribution in [3.8, 4) is 11.3 Å². The van der Waals surface area contributed by atoms with Crippen LogP contribution in [0.2, 0.25) is 0 Å². The summed E-state index contributed by atoms with van der Waals surface area (Å²) in [4.78, 5) is 0. The second-order valence-corrected chi connectivity index (χ2v) is 3.94. The molecule has 0 saturated heterocycles. The highest BCUT2D eigenvalue weighted by Crippen LogP contribution is 2.32. The molecule has 0 aliphatic heterocycles. The number of nitrogens with zero attached hydrogens (tertiary/aromatic N) is 4. The molecule has 0 unspecified atom stereocenters. The van der Waals surface area contributed by atoms with Gasteiger partial charge in [-0.1, -0.05) is 30.3 Å². The highest BCUT2D eigenvalue weighted by atomic mass is 19.4. The fourth-order valence-corrected chi connectivity index (χ4v) is 1.82. The van der Waals surface area contributed by atoms with Crippen molar-refractivity contribution >= 4 is 5.65 Å². The molecule has 0 amide bonds. The molecule has 0 spiro atoms. The molecule has 96 valence electrons. The van der Waals surface area contributed by atoms with Gasteiger partial charge in [-0.3, -0.25) is 0 Å². The van der Waals surface area contributed by atoms with Gasteiger partial charge in [-0.25, -0.2) is 0 Å². The number of halogens is 3. The minimum Gasteiger partial charge on any atom is -0.193 e. The maximum absolute atomic E-state index is 12.8. The number of hydrogen-bond acceptors (Lipinski definition) is 3. The van der Waals surface area contributed by atoms with Gasteiger partial charge in [0, 0.05) is 5.56 Å². The van der Waals surface area contributed by atoms with Crippen LogP contribution < -0.4 is 0 Å². The largest absolute Gasteiger partial charge is 0.416 e. The summed E-state index contributed by atoms with van der Waals surface area (Å²) in [6.07, 6.45) is -4.43. The number of rotatable bonds is 1. The molecule has 0 N–H and O–H groups in total. The topological polar surface area (TPSA) is 43.1 Å². The Bertz CT molecular complexity index is 719. The molecule has 0 radical (unpaired) electrons. The lowest BCUT2D eigenvalue weighted by Crippen LogP contribution is -2.07. The van der Waals surface area contributed by atoms with Crippen LogP contribution in [0.3, 0.4) is 0 Å². The van der Waals surface area contributed by atoms with E-state index in [1.54, 1.807) is 30.3 Å². The first-order valence-electron chi connectivity index (χ1n) is 5.40. The van der Waals surface area contributed by atoms with E-state index in [1.165, 1.54) is 4.52 Å². The zero-order chi connectivity index (χ0) is 13.5. The predicted octanol–water partition coefficient (Wildman–Crippen LogP) is 2.81. The van der Waals surface area contributed by atoms with Crippen LogP contribution in [0.15, 0.2) is 42.5 Å². The molecule has 0 atom stereocenters. The minimum absolute atomic E-state index is 0.0636. The lowest BCUT2D eigenvalue weighted by molar-refractivity contribution is -0.137. The number of fused-ring (bicyclic) bond motifs is 1. The summed E-state index contributed by atoms with van der Waals surface area (Å²) in [5, 5.41) is 10.7. The van der Waals surface area contributed by atoms with Crippen LogP contribution in [0.25, 0.3) is 16.9 Å². The summed E-state index contributed by atoms with van der Waals surface area (Å²) < 4.78 is 39.8. The molecule has 1 aromatic carbocycles. The normalized spacial score (nSPS) is 11.9. The summed E-state index contributed by atoms with van der Waals surface area (Å²) >= 11 is 0.